The maximum atomic E-state index is 11.8. The number of nitrogens with one attached hydrogen (secondary N) is 2. The number of benzene rings is 2. The fourth-order valence-corrected chi connectivity index (χ4v) is 1.77. The smallest absolute Gasteiger partial charge is 0.323 e. The van der Waals surface area contributed by atoms with Crippen LogP contribution in [0.4, 0.5) is 16.2 Å². The molecule has 0 saturated heterocycles. The van der Waals surface area contributed by atoms with Crippen LogP contribution in [0, 0.1) is 6.92 Å². The largest absolute Gasteiger partial charge is 0.506 e. The lowest BCUT2D eigenvalue weighted by molar-refractivity contribution is 0.262. The van der Waals surface area contributed by atoms with Gasteiger partial charge >= 0.3 is 6.03 Å². The van der Waals surface area contributed by atoms with Gasteiger partial charge in [-0.2, -0.15) is 0 Å². The molecule has 2 amide bonds. The summed E-state index contributed by atoms with van der Waals surface area (Å²) in [6.07, 6.45) is 0. The van der Waals surface area contributed by atoms with Crippen LogP contribution >= 0.6 is 11.6 Å². The van der Waals surface area contributed by atoms with Crippen molar-refractivity contribution in [2.24, 2.45) is 0 Å². The van der Waals surface area contributed by atoms with Gasteiger partial charge < -0.3 is 15.7 Å². The fraction of sp³-hybridized carbons (Fsp3) is 0.0714. The highest BCUT2D eigenvalue weighted by Gasteiger charge is 2.08. The Morgan fingerprint density at radius 2 is 1.79 bits per heavy atom. The van der Waals surface area contributed by atoms with Crippen LogP contribution in [0.25, 0.3) is 0 Å². The van der Waals surface area contributed by atoms with Gasteiger partial charge in [-0.1, -0.05) is 29.8 Å². The van der Waals surface area contributed by atoms with Crippen LogP contribution in [0.5, 0.6) is 5.75 Å². The van der Waals surface area contributed by atoms with Crippen molar-refractivity contribution in [3.63, 3.8) is 0 Å². The SMILES string of the molecule is Cc1ccc(O)c(NC(=O)Nc2ccccc2Cl)c1. The Balaban J connectivity index is 2.10. The Morgan fingerprint density at radius 3 is 2.53 bits per heavy atom. The average Bonchev–Trinajstić information content (AvgIpc) is 2.37. The topological polar surface area (TPSA) is 61.4 Å². The van der Waals surface area contributed by atoms with Crippen LogP contribution in [0.1, 0.15) is 5.56 Å². The molecule has 3 N–H and O–H groups in total. The molecule has 5 heteroatoms. The maximum Gasteiger partial charge on any atom is 0.323 e. The molecule has 2 aromatic carbocycles. The summed E-state index contributed by atoms with van der Waals surface area (Å²) in [6, 6.07) is 11.4. The predicted molar refractivity (Wildman–Crippen MR) is 76.9 cm³/mol. The van der Waals surface area contributed by atoms with Crippen molar-refractivity contribution in [3.8, 4) is 5.75 Å². The Morgan fingerprint density at radius 1 is 1.11 bits per heavy atom. The van der Waals surface area contributed by atoms with Crippen molar-refractivity contribution in [1.82, 2.24) is 0 Å². The Kier molecular flexibility index (Phi) is 3.92. The van der Waals surface area contributed by atoms with E-state index in [4.69, 9.17) is 11.6 Å². The molecular weight excluding hydrogens is 264 g/mol. The van der Waals surface area contributed by atoms with Gasteiger partial charge in [-0.05, 0) is 36.8 Å². The van der Waals surface area contributed by atoms with Crippen molar-refractivity contribution in [2.45, 2.75) is 6.92 Å². The van der Waals surface area contributed by atoms with E-state index in [9.17, 15) is 9.90 Å². The lowest BCUT2D eigenvalue weighted by Gasteiger charge is -2.10. The van der Waals surface area contributed by atoms with Gasteiger partial charge in [0.15, 0.2) is 0 Å². The number of anilines is 2. The number of carbonyl (C=O) groups is 1. The van der Waals surface area contributed by atoms with E-state index in [2.05, 4.69) is 10.6 Å². The summed E-state index contributed by atoms with van der Waals surface area (Å²) in [7, 11) is 0. The van der Waals surface area contributed by atoms with Crippen molar-refractivity contribution >= 4 is 29.0 Å². The number of hydrogen-bond donors (Lipinski definition) is 3. The summed E-state index contributed by atoms with van der Waals surface area (Å²) in [5.41, 5.74) is 1.80. The standard InChI is InChI=1S/C14H13ClN2O2/c1-9-6-7-13(18)12(8-9)17-14(19)16-11-5-3-2-4-10(11)15/h2-8,18H,1H3,(H2,16,17,19). The number of para-hydroxylation sites is 1. The van der Waals surface area contributed by atoms with E-state index in [1.807, 2.05) is 6.92 Å². The molecule has 0 atom stereocenters. The lowest BCUT2D eigenvalue weighted by atomic mass is 10.2. The highest BCUT2D eigenvalue weighted by molar-refractivity contribution is 6.33. The van der Waals surface area contributed by atoms with E-state index in [0.29, 0.717) is 16.4 Å². The van der Waals surface area contributed by atoms with Gasteiger partial charge in [0, 0.05) is 0 Å². The molecule has 0 spiro atoms. The minimum Gasteiger partial charge on any atom is -0.506 e. The monoisotopic (exact) mass is 276 g/mol. The summed E-state index contributed by atoms with van der Waals surface area (Å²) in [5, 5.41) is 15.3. The molecule has 19 heavy (non-hydrogen) atoms. The minimum absolute atomic E-state index is 0.0138. The van der Waals surface area contributed by atoms with Gasteiger partial charge in [-0.25, -0.2) is 4.79 Å². The van der Waals surface area contributed by atoms with E-state index in [0.717, 1.165) is 5.56 Å². The Bertz CT molecular complexity index is 614. The van der Waals surface area contributed by atoms with Gasteiger partial charge in [0.2, 0.25) is 0 Å². The van der Waals surface area contributed by atoms with Crippen LogP contribution in [0.15, 0.2) is 42.5 Å². The second-order valence-corrected chi connectivity index (χ2v) is 4.49. The third kappa shape index (κ3) is 3.39. The molecule has 0 unspecified atom stereocenters. The number of aromatic hydroxyl groups is 1. The number of phenols is 1. The molecule has 2 aromatic rings. The predicted octanol–water partition coefficient (Wildman–Crippen LogP) is 4.00. The maximum absolute atomic E-state index is 11.8. The zero-order valence-corrected chi connectivity index (χ0v) is 11.0. The summed E-state index contributed by atoms with van der Waals surface area (Å²) in [4.78, 5) is 11.8. The minimum atomic E-state index is -0.464. The number of rotatable bonds is 2. The molecule has 0 heterocycles. The van der Waals surface area contributed by atoms with E-state index in [-0.39, 0.29) is 5.75 Å². The van der Waals surface area contributed by atoms with Crippen LogP contribution in [-0.4, -0.2) is 11.1 Å². The molecule has 98 valence electrons. The fourth-order valence-electron chi connectivity index (χ4n) is 1.59. The van der Waals surface area contributed by atoms with Crippen molar-refractivity contribution in [3.05, 3.63) is 53.1 Å². The highest BCUT2D eigenvalue weighted by atomic mass is 35.5. The quantitative estimate of drug-likeness (QED) is 0.726. The molecule has 0 saturated carbocycles. The van der Waals surface area contributed by atoms with Crippen LogP contribution < -0.4 is 10.6 Å². The van der Waals surface area contributed by atoms with Gasteiger partial charge in [0.1, 0.15) is 5.75 Å². The molecule has 0 aliphatic heterocycles. The number of hydrogen-bond acceptors (Lipinski definition) is 2. The molecule has 0 radical (unpaired) electrons. The number of amides is 2. The molecule has 0 aromatic heterocycles. The number of urea groups is 1. The normalized spacial score (nSPS) is 10.0. The Hall–Kier alpha value is -2.20. The molecule has 2 rings (SSSR count). The third-order valence-electron chi connectivity index (χ3n) is 2.52. The molecule has 0 aliphatic rings. The summed E-state index contributed by atoms with van der Waals surface area (Å²) >= 11 is 5.94. The van der Waals surface area contributed by atoms with Gasteiger partial charge in [-0.15, -0.1) is 0 Å². The van der Waals surface area contributed by atoms with Crippen molar-refractivity contribution in [1.29, 1.82) is 0 Å². The van der Waals surface area contributed by atoms with E-state index < -0.39 is 6.03 Å². The summed E-state index contributed by atoms with van der Waals surface area (Å²) in [5.74, 6) is 0.0138. The second kappa shape index (κ2) is 5.63. The first-order valence-corrected chi connectivity index (χ1v) is 6.06. The second-order valence-electron chi connectivity index (χ2n) is 4.08. The Labute approximate surface area is 116 Å². The van der Waals surface area contributed by atoms with E-state index >= 15 is 0 Å². The van der Waals surface area contributed by atoms with Crippen LogP contribution in [0.2, 0.25) is 5.02 Å². The van der Waals surface area contributed by atoms with Crippen LogP contribution in [-0.2, 0) is 0 Å². The van der Waals surface area contributed by atoms with Gasteiger partial charge in [-0.3, -0.25) is 0 Å². The molecule has 4 nitrogen and oxygen atoms in total. The van der Waals surface area contributed by atoms with E-state index in [1.165, 1.54) is 6.07 Å². The summed E-state index contributed by atoms with van der Waals surface area (Å²) < 4.78 is 0. The molecule has 0 bridgehead atoms. The molecular formula is C14H13ClN2O2. The summed E-state index contributed by atoms with van der Waals surface area (Å²) in [6.45, 7) is 1.87. The zero-order chi connectivity index (χ0) is 13.8. The lowest BCUT2D eigenvalue weighted by Crippen LogP contribution is -2.19. The average molecular weight is 277 g/mol. The first-order chi connectivity index (χ1) is 9.06. The van der Waals surface area contributed by atoms with E-state index in [1.54, 1.807) is 36.4 Å². The zero-order valence-electron chi connectivity index (χ0n) is 10.3. The van der Waals surface area contributed by atoms with Crippen molar-refractivity contribution < 1.29 is 9.90 Å². The number of aryl methyl sites for hydroxylation is 1. The van der Waals surface area contributed by atoms with Gasteiger partial charge in [0.25, 0.3) is 0 Å². The van der Waals surface area contributed by atoms with Gasteiger partial charge in [0.05, 0.1) is 16.4 Å². The number of carbonyl (C=O) groups excluding carboxylic acids is 1. The number of halogens is 1. The van der Waals surface area contributed by atoms with Crippen LogP contribution in [0.3, 0.4) is 0 Å². The van der Waals surface area contributed by atoms with Crippen molar-refractivity contribution in [2.75, 3.05) is 10.6 Å². The highest BCUT2D eigenvalue weighted by Crippen LogP contribution is 2.25. The molecule has 0 aliphatic carbocycles. The first-order valence-electron chi connectivity index (χ1n) is 5.68. The number of phenolic OH excluding ortho intramolecular Hbond substituents is 1. The first kappa shape index (κ1) is 13.2. The third-order valence-corrected chi connectivity index (χ3v) is 2.85. The molecule has 0 fully saturated rings.